The van der Waals surface area contributed by atoms with E-state index >= 15 is 0 Å². The van der Waals surface area contributed by atoms with E-state index in [-0.39, 0.29) is 6.04 Å². The van der Waals surface area contributed by atoms with Gasteiger partial charge in [-0.3, -0.25) is 0 Å². The molecule has 1 fully saturated rings. The molecule has 2 rings (SSSR count). The molecular weight excluding hydrogens is 140 g/mol. The molecule has 2 unspecified atom stereocenters. The summed E-state index contributed by atoms with van der Waals surface area (Å²) in [6, 6.07) is 4.10. The molecule has 1 aromatic heterocycles. The Balaban J connectivity index is 2.16. The minimum atomic E-state index is 0.209. The smallest absolute Gasteiger partial charge is 0.109 e. The van der Waals surface area contributed by atoms with Crippen molar-refractivity contribution < 1.29 is 4.42 Å². The average molecular weight is 152 g/mol. The van der Waals surface area contributed by atoms with Gasteiger partial charge in [0.25, 0.3) is 0 Å². The fraction of sp³-hybridized carbons (Fsp3) is 0.500. The molecule has 0 aliphatic carbocycles. The van der Waals surface area contributed by atoms with Crippen molar-refractivity contribution in [2.24, 2.45) is 5.73 Å². The lowest BCUT2D eigenvalue weighted by atomic mass is 10.0. The summed E-state index contributed by atoms with van der Waals surface area (Å²) in [5.74, 6) is 1.37. The summed E-state index contributed by atoms with van der Waals surface area (Å²) in [5, 5.41) is 3.23. The molecule has 2 heterocycles. The van der Waals surface area contributed by atoms with E-state index in [4.69, 9.17) is 10.2 Å². The van der Waals surface area contributed by atoms with Crippen LogP contribution in [0.5, 0.6) is 0 Å². The maximum absolute atomic E-state index is 5.85. The molecule has 0 saturated carbocycles. The molecule has 2 atom stereocenters. The van der Waals surface area contributed by atoms with Crippen LogP contribution in [-0.4, -0.2) is 19.1 Å². The summed E-state index contributed by atoms with van der Waals surface area (Å²) < 4.78 is 5.27. The van der Waals surface area contributed by atoms with Gasteiger partial charge >= 0.3 is 0 Å². The van der Waals surface area contributed by atoms with Crippen molar-refractivity contribution in [3.05, 3.63) is 24.2 Å². The Morgan fingerprint density at radius 1 is 1.55 bits per heavy atom. The highest BCUT2D eigenvalue weighted by Gasteiger charge is 2.26. The zero-order valence-electron chi connectivity index (χ0n) is 6.29. The molecule has 0 aromatic carbocycles. The van der Waals surface area contributed by atoms with E-state index in [1.54, 1.807) is 6.26 Å². The first-order valence-corrected chi connectivity index (χ1v) is 3.87. The van der Waals surface area contributed by atoms with Crippen LogP contribution < -0.4 is 11.1 Å². The summed E-state index contributed by atoms with van der Waals surface area (Å²) in [6.07, 6.45) is 1.69. The second-order valence-corrected chi connectivity index (χ2v) is 2.94. The van der Waals surface area contributed by atoms with Gasteiger partial charge in [0.15, 0.2) is 0 Å². The molecule has 1 aliphatic rings. The van der Waals surface area contributed by atoms with Crippen LogP contribution >= 0.6 is 0 Å². The van der Waals surface area contributed by atoms with Gasteiger partial charge in [0.2, 0.25) is 0 Å². The van der Waals surface area contributed by atoms with E-state index < -0.39 is 0 Å². The van der Waals surface area contributed by atoms with E-state index in [9.17, 15) is 0 Å². The largest absolute Gasteiger partial charge is 0.469 e. The Kier molecular flexibility index (Phi) is 1.68. The minimum absolute atomic E-state index is 0.209. The number of hydrogen-bond donors (Lipinski definition) is 2. The summed E-state index contributed by atoms with van der Waals surface area (Å²) in [6.45, 7) is 1.83. The van der Waals surface area contributed by atoms with Crippen LogP contribution in [0.15, 0.2) is 22.8 Å². The molecule has 3 nitrogen and oxygen atoms in total. The van der Waals surface area contributed by atoms with Crippen molar-refractivity contribution >= 4 is 0 Å². The third kappa shape index (κ3) is 1.17. The van der Waals surface area contributed by atoms with Crippen molar-refractivity contribution in [3.8, 4) is 0 Å². The number of nitrogens with one attached hydrogen (secondary N) is 1. The van der Waals surface area contributed by atoms with Gasteiger partial charge in [0, 0.05) is 25.0 Å². The summed E-state index contributed by atoms with van der Waals surface area (Å²) >= 11 is 0. The van der Waals surface area contributed by atoms with Crippen molar-refractivity contribution in [2.75, 3.05) is 13.1 Å². The Morgan fingerprint density at radius 3 is 3.00 bits per heavy atom. The monoisotopic (exact) mass is 152 g/mol. The Labute approximate surface area is 65.6 Å². The van der Waals surface area contributed by atoms with Crippen LogP contribution in [0.3, 0.4) is 0 Å². The number of furan rings is 1. The molecule has 1 saturated heterocycles. The van der Waals surface area contributed by atoms with Gasteiger partial charge in [-0.1, -0.05) is 0 Å². The van der Waals surface area contributed by atoms with Gasteiger partial charge in [-0.15, -0.1) is 0 Å². The normalized spacial score (nSPS) is 31.0. The van der Waals surface area contributed by atoms with Gasteiger partial charge in [-0.2, -0.15) is 0 Å². The first kappa shape index (κ1) is 6.88. The van der Waals surface area contributed by atoms with Crippen molar-refractivity contribution in [1.29, 1.82) is 0 Å². The highest BCUT2D eigenvalue weighted by atomic mass is 16.3. The van der Waals surface area contributed by atoms with E-state index in [0.29, 0.717) is 5.92 Å². The van der Waals surface area contributed by atoms with Crippen molar-refractivity contribution in [2.45, 2.75) is 12.0 Å². The van der Waals surface area contributed by atoms with Gasteiger partial charge in [0.05, 0.1) is 6.26 Å². The summed E-state index contributed by atoms with van der Waals surface area (Å²) in [4.78, 5) is 0. The van der Waals surface area contributed by atoms with Crippen LogP contribution in [0.1, 0.15) is 11.7 Å². The maximum atomic E-state index is 5.85. The highest BCUT2D eigenvalue weighted by molar-refractivity contribution is 5.11. The highest BCUT2D eigenvalue weighted by Crippen LogP contribution is 2.21. The topological polar surface area (TPSA) is 51.2 Å². The van der Waals surface area contributed by atoms with E-state index in [0.717, 1.165) is 18.8 Å². The SMILES string of the molecule is NC1CNCC1c1ccco1. The molecule has 60 valence electrons. The molecular formula is C8H12N2O. The van der Waals surface area contributed by atoms with Gasteiger partial charge in [-0.05, 0) is 12.1 Å². The van der Waals surface area contributed by atoms with Gasteiger partial charge in [0.1, 0.15) is 5.76 Å². The molecule has 3 heteroatoms. The average Bonchev–Trinajstić information content (AvgIpc) is 2.55. The van der Waals surface area contributed by atoms with Crippen LogP contribution in [0.2, 0.25) is 0 Å². The second kappa shape index (κ2) is 2.68. The number of hydrogen-bond acceptors (Lipinski definition) is 3. The van der Waals surface area contributed by atoms with Crippen LogP contribution in [0.4, 0.5) is 0 Å². The van der Waals surface area contributed by atoms with Crippen molar-refractivity contribution in [1.82, 2.24) is 5.32 Å². The summed E-state index contributed by atoms with van der Waals surface area (Å²) in [5.41, 5.74) is 5.85. The number of nitrogens with two attached hydrogens (primary N) is 1. The maximum Gasteiger partial charge on any atom is 0.109 e. The minimum Gasteiger partial charge on any atom is -0.469 e. The zero-order valence-corrected chi connectivity index (χ0v) is 6.29. The fourth-order valence-corrected chi connectivity index (χ4v) is 1.51. The fourth-order valence-electron chi connectivity index (χ4n) is 1.51. The summed E-state index contributed by atoms with van der Waals surface area (Å²) in [7, 11) is 0. The van der Waals surface area contributed by atoms with E-state index in [1.807, 2.05) is 12.1 Å². The van der Waals surface area contributed by atoms with Crippen molar-refractivity contribution in [3.63, 3.8) is 0 Å². The van der Waals surface area contributed by atoms with Crippen LogP contribution in [0, 0.1) is 0 Å². The Hall–Kier alpha value is -0.800. The first-order valence-electron chi connectivity index (χ1n) is 3.87. The van der Waals surface area contributed by atoms with Crippen LogP contribution in [0.25, 0.3) is 0 Å². The third-order valence-electron chi connectivity index (χ3n) is 2.17. The molecule has 1 aromatic rings. The van der Waals surface area contributed by atoms with E-state index in [2.05, 4.69) is 5.32 Å². The Bertz CT molecular complexity index is 220. The predicted molar refractivity (Wildman–Crippen MR) is 42.3 cm³/mol. The lowest BCUT2D eigenvalue weighted by molar-refractivity contribution is 0.456. The number of rotatable bonds is 1. The second-order valence-electron chi connectivity index (χ2n) is 2.94. The Morgan fingerprint density at radius 2 is 2.45 bits per heavy atom. The lowest BCUT2D eigenvalue weighted by Crippen LogP contribution is -2.27. The quantitative estimate of drug-likeness (QED) is 0.608. The molecule has 11 heavy (non-hydrogen) atoms. The first-order chi connectivity index (χ1) is 5.38. The van der Waals surface area contributed by atoms with E-state index in [1.165, 1.54) is 0 Å². The molecule has 0 spiro atoms. The molecule has 0 radical (unpaired) electrons. The third-order valence-corrected chi connectivity index (χ3v) is 2.17. The standard InChI is InChI=1S/C8H12N2O/c9-7-5-10-4-6(7)8-2-1-3-11-8/h1-3,6-7,10H,4-5,9H2. The molecule has 0 bridgehead atoms. The molecule has 3 N–H and O–H groups in total. The predicted octanol–water partition coefficient (Wildman–Crippen LogP) is 0.294. The molecule has 1 aliphatic heterocycles. The molecule has 0 amide bonds. The lowest BCUT2D eigenvalue weighted by Gasteiger charge is -2.09. The van der Waals surface area contributed by atoms with Gasteiger partial charge < -0.3 is 15.5 Å². The van der Waals surface area contributed by atoms with Crippen LogP contribution in [-0.2, 0) is 0 Å². The van der Waals surface area contributed by atoms with Gasteiger partial charge in [-0.25, -0.2) is 0 Å². The zero-order chi connectivity index (χ0) is 7.68.